The van der Waals surface area contributed by atoms with Crippen LogP contribution in [0, 0.1) is 5.92 Å². The van der Waals surface area contributed by atoms with Gasteiger partial charge in [0.05, 0.1) is 18.3 Å². The third-order valence-corrected chi connectivity index (χ3v) is 4.69. The van der Waals surface area contributed by atoms with Crippen molar-refractivity contribution in [3.05, 3.63) is 18.0 Å². The Morgan fingerprint density at radius 3 is 2.61 bits per heavy atom. The predicted molar refractivity (Wildman–Crippen MR) is 89.0 cm³/mol. The van der Waals surface area contributed by atoms with Crippen molar-refractivity contribution in [3.8, 4) is 0 Å². The molecule has 2 atom stereocenters. The van der Waals surface area contributed by atoms with Gasteiger partial charge in [0.1, 0.15) is 0 Å². The lowest BCUT2D eigenvalue weighted by Crippen LogP contribution is -2.47. The first-order chi connectivity index (χ1) is 10.9. The molecular weight excluding hydrogens is 294 g/mol. The van der Waals surface area contributed by atoms with Crippen LogP contribution < -0.4 is 5.32 Å². The molecule has 0 aliphatic carbocycles. The maximum atomic E-state index is 12.4. The van der Waals surface area contributed by atoms with Crippen molar-refractivity contribution < 1.29 is 9.90 Å². The van der Waals surface area contributed by atoms with E-state index in [4.69, 9.17) is 0 Å². The van der Waals surface area contributed by atoms with Gasteiger partial charge in [-0.3, -0.25) is 4.68 Å². The second-order valence-electron chi connectivity index (χ2n) is 6.68. The van der Waals surface area contributed by atoms with E-state index in [-0.39, 0.29) is 18.2 Å². The Morgan fingerprint density at radius 2 is 2.13 bits per heavy atom. The number of aliphatic hydroxyl groups excluding tert-OH is 1. The fraction of sp³-hybridized carbons (Fsp3) is 0.750. The lowest BCUT2D eigenvalue weighted by Gasteiger charge is -2.34. The highest BCUT2D eigenvalue weighted by Gasteiger charge is 2.26. The number of nitrogens with zero attached hydrogens (tertiary/aromatic N) is 4. The number of hydrogen-bond acceptors (Lipinski definition) is 4. The van der Waals surface area contributed by atoms with E-state index >= 15 is 0 Å². The molecule has 2 rings (SSSR count). The summed E-state index contributed by atoms with van der Waals surface area (Å²) in [4.78, 5) is 16.3. The number of hydrogen-bond donors (Lipinski definition) is 2. The number of amides is 2. The molecular formula is C16H29N5O2. The summed E-state index contributed by atoms with van der Waals surface area (Å²) >= 11 is 0. The Morgan fingerprint density at radius 1 is 1.48 bits per heavy atom. The van der Waals surface area contributed by atoms with E-state index in [1.165, 1.54) is 0 Å². The molecule has 2 amide bonds. The summed E-state index contributed by atoms with van der Waals surface area (Å²) in [6.45, 7) is 3.80. The molecule has 0 bridgehead atoms. The summed E-state index contributed by atoms with van der Waals surface area (Å²) in [5.74, 6) is 0.309. The fourth-order valence-electron chi connectivity index (χ4n) is 3.09. The topological polar surface area (TPSA) is 73.6 Å². The molecule has 1 aliphatic heterocycles. The van der Waals surface area contributed by atoms with E-state index in [0.29, 0.717) is 25.6 Å². The normalized spacial score (nSPS) is 19.0. The van der Waals surface area contributed by atoms with Crippen LogP contribution in [0.25, 0.3) is 0 Å². The Balaban J connectivity index is 1.85. The van der Waals surface area contributed by atoms with Crippen LogP contribution in [0.2, 0.25) is 0 Å². The van der Waals surface area contributed by atoms with E-state index < -0.39 is 0 Å². The molecule has 0 radical (unpaired) electrons. The molecule has 1 aliphatic rings. The first-order valence-corrected chi connectivity index (χ1v) is 8.24. The van der Waals surface area contributed by atoms with Crippen LogP contribution in [0.1, 0.15) is 31.4 Å². The number of likely N-dealkylation sites (N-methyl/N-ethyl adjacent to an activating group) is 1. The lowest BCUT2D eigenvalue weighted by atomic mass is 9.92. The summed E-state index contributed by atoms with van der Waals surface area (Å²) in [5, 5.41) is 16.9. The molecule has 1 saturated heterocycles. The number of aliphatic hydroxyl groups is 1. The number of aromatic nitrogens is 2. The largest absolute Gasteiger partial charge is 0.393 e. The van der Waals surface area contributed by atoms with Crippen molar-refractivity contribution in [1.29, 1.82) is 0 Å². The standard InChI is InChI=1S/C16H29N5O2/c1-12(22)13-5-7-21(8-6-13)16(23)17-10-15(19(2)3)14-9-18-20(4)11-14/h9,11-13,15,22H,5-8,10H2,1-4H3,(H,17,23). The molecule has 1 aromatic rings. The minimum Gasteiger partial charge on any atom is -0.393 e. The molecule has 2 heterocycles. The van der Waals surface area contributed by atoms with Crippen molar-refractivity contribution in [2.75, 3.05) is 33.7 Å². The highest BCUT2D eigenvalue weighted by Crippen LogP contribution is 2.21. The predicted octanol–water partition coefficient (Wildman–Crippen LogP) is 0.825. The highest BCUT2D eigenvalue weighted by molar-refractivity contribution is 5.74. The first-order valence-electron chi connectivity index (χ1n) is 8.24. The average molecular weight is 323 g/mol. The average Bonchev–Trinajstić information content (AvgIpc) is 2.93. The van der Waals surface area contributed by atoms with Gasteiger partial charge in [0, 0.05) is 38.4 Å². The number of carbonyl (C=O) groups is 1. The SMILES string of the molecule is CC(O)C1CCN(C(=O)NCC(c2cnn(C)c2)N(C)C)CC1. The number of likely N-dealkylation sites (tertiary alicyclic amines) is 1. The second kappa shape index (κ2) is 7.79. The van der Waals surface area contributed by atoms with Crippen molar-refractivity contribution in [2.24, 2.45) is 13.0 Å². The number of carbonyl (C=O) groups excluding carboxylic acids is 1. The second-order valence-corrected chi connectivity index (χ2v) is 6.68. The van der Waals surface area contributed by atoms with E-state index in [1.54, 1.807) is 4.68 Å². The minimum atomic E-state index is -0.288. The molecule has 7 nitrogen and oxygen atoms in total. The molecule has 0 spiro atoms. The maximum Gasteiger partial charge on any atom is 0.317 e. The zero-order chi connectivity index (χ0) is 17.0. The molecule has 7 heteroatoms. The van der Waals surface area contributed by atoms with Crippen LogP contribution >= 0.6 is 0 Å². The van der Waals surface area contributed by atoms with E-state index in [9.17, 15) is 9.90 Å². The quantitative estimate of drug-likeness (QED) is 0.842. The van der Waals surface area contributed by atoms with Crippen LogP contribution in [0.4, 0.5) is 4.79 Å². The zero-order valence-electron chi connectivity index (χ0n) is 14.6. The van der Waals surface area contributed by atoms with Gasteiger partial charge in [-0.2, -0.15) is 5.10 Å². The van der Waals surface area contributed by atoms with Gasteiger partial charge in [-0.25, -0.2) is 4.79 Å². The van der Waals surface area contributed by atoms with Gasteiger partial charge in [0.15, 0.2) is 0 Å². The smallest absolute Gasteiger partial charge is 0.317 e. The van der Waals surface area contributed by atoms with Crippen LogP contribution in [0.15, 0.2) is 12.4 Å². The van der Waals surface area contributed by atoms with Crippen LogP contribution in [-0.2, 0) is 7.05 Å². The van der Waals surface area contributed by atoms with Gasteiger partial charge in [0.25, 0.3) is 0 Å². The van der Waals surface area contributed by atoms with Crippen molar-refractivity contribution >= 4 is 6.03 Å². The van der Waals surface area contributed by atoms with Gasteiger partial charge in [-0.1, -0.05) is 0 Å². The Labute approximate surface area is 138 Å². The van der Waals surface area contributed by atoms with Gasteiger partial charge in [-0.05, 0) is 39.8 Å². The van der Waals surface area contributed by atoms with E-state index in [0.717, 1.165) is 18.4 Å². The number of aryl methyl sites for hydroxylation is 1. The van der Waals surface area contributed by atoms with Crippen molar-refractivity contribution in [3.63, 3.8) is 0 Å². The van der Waals surface area contributed by atoms with Crippen molar-refractivity contribution in [2.45, 2.75) is 31.9 Å². The van der Waals surface area contributed by atoms with Crippen molar-refractivity contribution in [1.82, 2.24) is 24.9 Å². The molecule has 0 saturated carbocycles. The Hall–Kier alpha value is -1.60. The van der Waals surface area contributed by atoms with Gasteiger partial charge in [0.2, 0.25) is 0 Å². The number of rotatable bonds is 5. The molecule has 0 aromatic carbocycles. The Kier molecular flexibility index (Phi) is 6.01. The zero-order valence-corrected chi connectivity index (χ0v) is 14.6. The lowest BCUT2D eigenvalue weighted by molar-refractivity contribution is 0.0795. The fourth-order valence-corrected chi connectivity index (χ4v) is 3.09. The summed E-state index contributed by atoms with van der Waals surface area (Å²) in [7, 11) is 5.89. The highest BCUT2D eigenvalue weighted by atomic mass is 16.3. The van der Waals surface area contributed by atoms with Gasteiger partial charge >= 0.3 is 6.03 Å². The number of urea groups is 1. The third kappa shape index (κ3) is 4.68. The summed E-state index contributed by atoms with van der Waals surface area (Å²) in [6, 6.07) is 0.0763. The van der Waals surface area contributed by atoms with Gasteiger partial charge in [-0.15, -0.1) is 0 Å². The van der Waals surface area contributed by atoms with Crippen LogP contribution in [0.5, 0.6) is 0 Å². The molecule has 2 N–H and O–H groups in total. The summed E-state index contributed by atoms with van der Waals surface area (Å²) in [6.07, 6.45) is 5.26. The monoisotopic (exact) mass is 323 g/mol. The third-order valence-electron chi connectivity index (χ3n) is 4.69. The maximum absolute atomic E-state index is 12.4. The number of piperidine rings is 1. The van der Waals surface area contributed by atoms with Crippen LogP contribution in [-0.4, -0.2) is 70.6 Å². The van der Waals surface area contributed by atoms with Crippen LogP contribution in [0.3, 0.4) is 0 Å². The Bertz CT molecular complexity index is 506. The molecule has 1 fully saturated rings. The summed E-state index contributed by atoms with van der Waals surface area (Å²) < 4.78 is 1.77. The number of nitrogens with one attached hydrogen (secondary N) is 1. The molecule has 130 valence electrons. The van der Waals surface area contributed by atoms with Gasteiger partial charge < -0.3 is 20.2 Å². The first kappa shape index (κ1) is 17.7. The molecule has 2 unspecified atom stereocenters. The minimum absolute atomic E-state index is 0.0233. The molecule has 23 heavy (non-hydrogen) atoms. The summed E-state index contributed by atoms with van der Waals surface area (Å²) in [5.41, 5.74) is 1.09. The van der Waals surface area contributed by atoms with E-state index in [1.807, 2.05) is 45.4 Å². The molecule has 1 aromatic heterocycles. The van der Waals surface area contributed by atoms with E-state index in [2.05, 4.69) is 15.3 Å².